The van der Waals surface area contributed by atoms with E-state index in [9.17, 15) is 19.8 Å². The number of aliphatic hydroxyl groups is 2. The smallest absolute Gasteiger partial charge is 0.305 e. The zero-order valence-electron chi connectivity index (χ0n) is 42.6. The van der Waals surface area contributed by atoms with E-state index in [1.165, 1.54) is 231 Å². The topological polar surface area (TPSA) is 95.9 Å². The number of allylic oxidation sites excluding steroid dienone is 1. The van der Waals surface area contributed by atoms with Gasteiger partial charge in [0, 0.05) is 12.8 Å². The highest BCUT2D eigenvalue weighted by Gasteiger charge is 2.18. The number of hydrogen-bond acceptors (Lipinski definition) is 5. The molecule has 0 aliphatic carbocycles. The molecule has 1 amide bonds. The standard InChI is InChI=1S/C57H111NO5/c1-3-5-7-9-11-13-15-17-18-19-20-21-22-23-24-26-29-33-37-41-45-49-55(60)54(53-59)58-56(61)50-46-42-38-34-30-27-28-32-36-40-44-48-52-63-57(62)51-47-43-39-35-31-25-16-14-12-10-8-6-4-2/h45,49,54-55,59-60H,3-44,46-48,50-53H2,1-2H3,(H,58,61)/b49-45+. The predicted octanol–water partition coefficient (Wildman–Crippen LogP) is 17.3. The van der Waals surface area contributed by atoms with Crippen LogP contribution in [0.2, 0.25) is 0 Å². The third-order valence-electron chi connectivity index (χ3n) is 13.3. The Labute approximate surface area is 393 Å². The van der Waals surface area contributed by atoms with E-state index in [1.54, 1.807) is 6.08 Å². The van der Waals surface area contributed by atoms with Crippen LogP contribution in [0.25, 0.3) is 0 Å². The number of rotatable bonds is 53. The van der Waals surface area contributed by atoms with Gasteiger partial charge >= 0.3 is 5.97 Å². The van der Waals surface area contributed by atoms with Crippen LogP contribution in [-0.4, -0.2) is 47.4 Å². The van der Waals surface area contributed by atoms with E-state index in [4.69, 9.17) is 4.74 Å². The minimum atomic E-state index is -0.854. The lowest BCUT2D eigenvalue weighted by molar-refractivity contribution is -0.143. The molecule has 6 nitrogen and oxygen atoms in total. The Balaban J connectivity index is 3.48. The van der Waals surface area contributed by atoms with Crippen molar-refractivity contribution in [2.45, 2.75) is 328 Å². The Morgan fingerprint density at radius 1 is 0.429 bits per heavy atom. The molecule has 0 heterocycles. The fourth-order valence-electron chi connectivity index (χ4n) is 8.93. The molecule has 6 heteroatoms. The monoisotopic (exact) mass is 890 g/mol. The number of carbonyl (C=O) groups excluding carboxylic acids is 2. The van der Waals surface area contributed by atoms with Gasteiger partial charge in [-0.3, -0.25) is 9.59 Å². The maximum Gasteiger partial charge on any atom is 0.305 e. The molecule has 0 bridgehead atoms. The molecular weight excluding hydrogens is 779 g/mol. The fourth-order valence-corrected chi connectivity index (χ4v) is 8.93. The minimum Gasteiger partial charge on any atom is -0.466 e. The van der Waals surface area contributed by atoms with E-state index in [0.29, 0.717) is 19.4 Å². The second kappa shape index (κ2) is 53.2. The molecule has 0 aliphatic rings. The molecule has 0 saturated heterocycles. The highest BCUT2D eigenvalue weighted by molar-refractivity contribution is 5.76. The summed E-state index contributed by atoms with van der Waals surface area (Å²) in [5.41, 5.74) is 0. The van der Waals surface area contributed by atoms with Crippen LogP contribution in [0.4, 0.5) is 0 Å². The Morgan fingerprint density at radius 3 is 1.08 bits per heavy atom. The third kappa shape index (κ3) is 49.9. The van der Waals surface area contributed by atoms with Crippen molar-refractivity contribution >= 4 is 11.9 Å². The van der Waals surface area contributed by atoms with Crippen molar-refractivity contribution in [1.82, 2.24) is 5.32 Å². The van der Waals surface area contributed by atoms with Crippen LogP contribution in [0.5, 0.6) is 0 Å². The van der Waals surface area contributed by atoms with Crippen LogP contribution in [0.15, 0.2) is 12.2 Å². The Kier molecular flexibility index (Phi) is 52.0. The van der Waals surface area contributed by atoms with E-state index < -0.39 is 12.1 Å². The second-order valence-electron chi connectivity index (χ2n) is 19.6. The zero-order chi connectivity index (χ0) is 45.8. The van der Waals surface area contributed by atoms with E-state index in [-0.39, 0.29) is 18.5 Å². The summed E-state index contributed by atoms with van der Waals surface area (Å²) in [7, 11) is 0. The summed E-state index contributed by atoms with van der Waals surface area (Å²) in [6.45, 7) is 4.89. The average molecular weight is 891 g/mol. The minimum absolute atomic E-state index is 0.00849. The molecule has 2 unspecified atom stereocenters. The molecule has 374 valence electrons. The Morgan fingerprint density at radius 2 is 0.730 bits per heavy atom. The quantitative estimate of drug-likeness (QED) is 0.0321. The van der Waals surface area contributed by atoms with Crippen molar-refractivity contribution < 1.29 is 24.5 Å². The lowest BCUT2D eigenvalue weighted by atomic mass is 10.0. The number of aliphatic hydroxyl groups excluding tert-OH is 2. The van der Waals surface area contributed by atoms with E-state index in [1.807, 2.05) is 6.08 Å². The lowest BCUT2D eigenvalue weighted by Gasteiger charge is -2.20. The van der Waals surface area contributed by atoms with Crippen LogP contribution in [-0.2, 0) is 14.3 Å². The van der Waals surface area contributed by atoms with Gasteiger partial charge < -0.3 is 20.3 Å². The molecule has 3 N–H and O–H groups in total. The summed E-state index contributed by atoms with van der Waals surface area (Å²) in [5.74, 6) is -0.0886. The number of esters is 1. The van der Waals surface area contributed by atoms with E-state index in [0.717, 1.165) is 57.8 Å². The molecular formula is C57H111NO5. The van der Waals surface area contributed by atoms with Crippen molar-refractivity contribution in [1.29, 1.82) is 0 Å². The summed E-state index contributed by atoms with van der Waals surface area (Å²) in [6.07, 6.45) is 62.2. The zero-order valence-corrected chi connectivity index (χ0v) is 42.6. The fraction of sp³-hybridized carbons (Fsp3) is 0.930. The van der Waals surface area contributed by atoms with Gasteiger partial charge in [0.1, 0.15) is 0 Å². The van der Waals surface area contributed by atoms with Crippen LogP contribution in [0.1, 0.15) is 316 Å². The largest absolute Gasteiger partial charge is 0.466 e. The molecule has 0 aromatic rings. The van der Waals surface area contributed by atoms with Gasteiger partial charge in [0.05, 0.1) is 25.4 Å². The van der Waals surface area contributed by atoms with Gasteiger partial charge in [-0.15, -0.1) is 0 Å². The first-order valence-electron chi connectivity index (χ1n) is 28.5. The Hall–Kier alpha value is -1.40. The maximum atomic E-state index is 12.5. The van der Waals surface area contributed by atoms with Crippen molar-refractivity contribution in [3.8, 4) is 0 Å². The first-order valence-corrected chi connectivity index (χ1v) is 28.5. The summed E-state index contributed by atoms with van der Waals surface area (Å²) >= 11 is 0. The molecule has 0 fully saturated rings. The van der Waals surface area contributed by atoms with Crippen LogP contribution < -0.4 is 5.32 Å². The summed E-state index contributed by atoms with van der Waals surface area (Å²) in [4.78, 5) is 24.5. The highest BCUT2D eigenvalue weighted by Crippen LogP contribution is 2.17. The van der Waals surface area contributed by atoms with Crippen molar-refractivity contribution in [3.63, 3.8) is 0 Å². The molecule has 2 atom stereocenters. The van der Waals surface area contributed by atoms with Gasteiger partial charge in [-0.2, -0.15) is 0 Å². The molecule has 63 heavy (non-hydrogen) atoms. The predicted molar refractivity (Wildman–Crippen MR) is 273 cm³/mol. The van der Waals surface area contributed by atoms with Crippen LogP contribution >= 0.6 is 0 Å². The number of amides is 1. The average Bonchev–Trinajstić information content (AvgIpc) is 3.28. The number of unbranched alkanes of at least 4 members (excludes halogenated alkanes) is 42. The number of ether oxygens (including phenoxy) is 1. The second-order valence-corrected chi connectivity index (χ2v) is 19.6. The normalized spacial score (nSPS) is 12.6. The van der Waals surface area contributed by atoms with E-state index >= 15 is 0 Å². The summed E-state index contributed by atoms with van der Waals surface area (Å²) in [5, 5.41) is 23.2. The van der Waals surface area contributed by atoms with Gasteiger partial charge in [-0.1, -0.05) is 283 Å². The van der Waals surface area contributed by atoms with Crippen LogP contribution in [0, 0.1) is 0 Å². The van der Waals surface area contributed by atoms with Gasteiger partial charge in [0.15, 0.2) is 0 Å². The number of hydrogen-bond donors (Lipinski definition) is 3. The van der Waals surface area contributed by atoms with Gasteiger partial charge in [-0.25, -0.2) is 0 Å². The van der Waals surface area contributed by atoms with Crippen molar-refractivity contribution in [3.05, 3.63) is 12.2 Å². The summed E-state index contributed by atoms with van der Waals surface area (Å²) in [6, 6.07) is -0.639. The first-order chi connectivity index (χ1) is 31.0. The van der Waals surface area contributed by atoms with Gasteiger partial charge in [0.25, 0.3) is 0 Å². The molecule has 0 spiro atoms. The van der Waals surface area contributed by atoms with Gasteiger partial charge in [-0.05, 0) is 32.1 Å². The van der Waals surface area contributed by atoms with Crippen LogP contribution in [0.3, 0.4) is 0 Å². The van der Waals surface area contributed by atoms with E-state index in [2.05, 4.69) is 19.2 Å². The lowest BCUT2D eigenvalue weighted by Crippen LogP contribution is -2.45. The van der Waals surface area contributed by atoms with Crippen molar-refractivity contribution in [2.75, 3.05) is 13.2 Å². The van der Waals surface area contributed by atoms with Crippen molar-refractivity contribution in [2.24, 2.45) is 0 Å². The number of carbonyl (C=O) groups is 2. The molecule has 0 rings (SSSR count). The Bertz CT molecular complexity index is 939. The molecule has 0 saturated carbocycles. The molecule has 0 aliphatic heterocycles. The molecule has 0 aromatic heterocycles. The first kappa shape index (κ1) is 61.6. The van der Waals surface area contributed by atoms with Gasteiger partial charge in [0.2, 0.25) is 5.91 Å². The SMILES string of the molecule is CCCCCCCCCCCCCCCCCCCCC/C=C/C(O)C(CO)NC(=O)CCCCCCCCCCCCCCOC(=O)CCCCCCCCCCCCCCC. The number of nitrogens with one attached hydrogen (secondary N) is 1. The third-order valence-corrected chi connectivity index (χ3v) is 13.3. The summed E-state index contributed by atoms with van der Waals surface area (Å²) < 4.78 is 5.46. The highest BCUT2D eigenvalue weighted by atomic mass is 16.5. The molecule has 0 radical (unpaired) electrons. The maximum absolute atomic E-state index is 12.5. The molecule has 0 aromatic carbocycles.